The molecule has 0 spiro atoms. The van der Waals surface area contributed by atoms with Gasteiger partial charge in [-0.1, -0.05) is 53.5 Å². The largest absolute Gasteiger partial charge is 0.358 e. The van der Waals surface area contributed by atoms with Crippen LogP contribution in [-0.2, 0) is 9.53 Å². The number of morpholine rings is 1. The molecule has 0 aromatic heterocycles. The maximum absolute atomic E-state index is 12.7. The molecule has 130 valence electrons. The fraction of sp³-hybridized carbons (Fsp3) is 0.250. The summed E-state index contributed by atoms with van der Waals surface area (Å²) in [7, 11) is 1.81. The Morgan fingerprint density at radius 1 is 1.04 bits per heavy atom. The molecular formula is C20H19Cl2NO2. The lowest BCUT2D eigenvalue weighted by atomic mass is 9.91. The summed E-state index contributed by atoms with van der Waals surface area (Å²) in [5.74, 6) is -0.0509. The van der Waals surface area contributed by atoms with Crippen molar-refractivity contribution in [3.63, 3.8) is 0 Å². The van der Waals surface area contributed by atoms with Gasteiger partial charge in [0.05, 0.1) is 6.04 Å². The number of hydrogen-bond acceptors (Lipinski definition) is 2. The molecule has 1 fully saturated rings. The van der Waals surface area contributed by atoms with Crippen LogP contribution in [0, 0.1) is 0 Å². The Balaban J connectivity index is 2.03. The van der Waals surface area contributed by atoms with Crippen molar-refractivity contribution in [3.05, 3.63) is 82.4 Å². The molecule has 0 aliphatic carbocycles. The average molecular weight is 376 g/mol. The SMILES string of the molecule is C=CC[C@@H]1O[C@@H](c2ccc(Cl)cc2)[C@@H](c2ccc(Cl)cc2)N(C)C1=O. The highest BCUT2D eigenvalue weighted by atomic mass is 35.5. The van der Waals surface area contributed by atoms with Crippen molar-refractivity contribution in [2.75, 3.05) is 7.05 Å². The van der Waals surface area contributed by atoms with E-state index < -0.39 is 6.10 Å². The van der Waals surface area contributed by atoms with Crippen molar-refractivity contribution in [2.24, 2.45) is 0 Å². The third-order valence-electron chi connectivity index (χ3n) is 4.43. The van der Waals surface area contributed by atoms with Crippen LogP contribution in [-0.4, -0.2) is 24.0 Å². The summed E-state index contributed by atoms with van der Waals surface area (Å²) >= 11 is 12.0. The van der Waals surface area contributed by atoms with Gasteiger partial charge in [-0.25, -0.2) is 0 Å². The Hall–Kier alpha value is -1.81. The van der Waals surface area contributed by atoms with E-state index >= 15 is 0 Å². The van der Waals surface area contributed by atoms with Crippen LogP contribution >= 0.6 is 23.2 Å². The third kappa shape index (κ3) is 3.74. The zero-order valence-electron chi connectivity index (χ0n) is 13.9. The van der Waals surface area contributed by atoms with Crippen molar-refractivity contribution in [3.8, 4) is 0 Å². The predicted octanol–water partition coefficient (Wildman–Crippen LogP) is 5.21. The van der Waals surface area contributed by atoms with E-state index in [1.165, 1.54) is 0 Å². The molecule has 25 heavy (non-hydrogen) atoms. The van der Waals surface area contributed by atoms with Gasteiger partial charge < -0.3 is 9.64 Å². The molecule has 1 heterocycles. The first-order chi connectivity index (χ1) is 12.0. The Morgan fingerprint density at radius 2 is 1.56 bits per heavy atom. The Labute approximate surface area is 157 Å². The van der Waals surface area contributed by atoms with Crippen molar-refractivity contribution < 1.29 is 9.53 Å². The number of ether oxygens (including phenoxy) is 1. The lowest BCUT2D eigenvalue weighted by Crippen LogP contribution is -2.48. The monoisotopic (exact) mass is 375 g/mol. The minimum atomic E-state index is -0.535. The van der Waals surface area contributed by atoms with Gasteiger partial charge in [0.1, 0.15) is 12.2 Å². The Morgan fingerprint density at radius 3 is 2.08 bits per heavy atom. The molecule has 5 heteroatoms. The number of rotatable bonds is 4. The van der Waals surface area contributed by atoms with Crippen molar-refractivity contribution in [2.45, 2.75) is 24.7 Å². The smallest absolute Gasteiger partial charge is 0.252 e. The van der Waals surface area contributed by atoms with Crippen LogP contribution < -0.4 is 0 Å². The first-order valence-corrected chi connectivity index (χ1v) is 8.81. The first-order valence-electron chi connectivity index (χ1n) is 8.05. The molecule has 3 nitrogen and oxygen atoms in total. The Bertz CT molecular complexity index is 758. The van der Waals surface area contributed by atoms with Crippen molar-refractivity contribution >= 4 is 29.1 Å². The fourth-order valence-corrected chi connectivity index (χ4v) is 3.41. The van der Waals surface area contributed by atoms with Gasteiger partial charge in [-0.3, -0.25) is 4.79 Å². The molecule has 1 aliphatic rings. The summed E-state index contributed by atoms with van der Waals surface area (Å²) in [4.78, 5) is 14.5. The lowest BCUT2D eigenvalue weighted by molar-refractivity contribution is -0.170. The van der Waals surface area contributed by atoms with E-state index in [1.807, 2.05) is 55.6 Å². The minimum absolute atomic E-state index is 0.0509. The summed E-state index contributed by atoms with van der Waals surface area (Å²) in [6.07, 6.45) is 1.34. The number of carbonyl (C=O) groups excluding carboxylic acids is 1. The molecule has 1 saturated heterocycles. The number of benzene rings is 2. The van der Waals surface area contributed by atoms with Crippen LogP contribution in [0.25, 0.3) is 0 Å². The molecule has 3 atom stereocenters. The van der Waals surface area contributed by atoms with Gasteiger partial charge in [0.15, 0.2) is 0 Å². The average Bonchev–Trinajstić information content (AvgIpc) is 2.61. The number of halogens is 2. The van der Waals surface area contributed by atoms with Crippen LogP contribution in [0.1, 0.15) is 29.7 Å². The molecule has 0 N–H and O–H groups in total. The molecule has 0 bridgehead atoms. The van der Waals surface area contributed by atoms with Crippen LogP contribution in [0.3, 0.4) is 0 Å². The Kier molecular flexibility index (Phi) is 5.48. The first kappa shape index (κ1) is 18.0. The van der Waals surface area contributed by atoms with E-state index in [1.54, 1.807) is 11.0 Å². The van der Waals surface area contributed by atoms with Gasteiger partial charge in [0, 0.05) is 23.5 Å². The van der Waals surface area contributed by atoms with E-state index in [2.05, 4.69) is 6.58 Å². The van der Waals surface area contributed by atoms with Gasteiger partial charge in [-0.15, -0.1) is 6.58 Å². The van der Waals surface area contributed by atoms with E-state index in [0.717, 1.165) is 11.1 Å². The number of carbonyl (C=O) groups is 1. The zero-order valence-corrected chi connectivity index (χ0v) is 15.4. The standard InChI is InChI=1S/C20H19Cl2NO2/c1-3-4-17-20(24)23(2)18(13-5-9-15(21)10-6-13)19(25-17)14-7-11-16(22)12-8-14/h3,5-12,17-19H,1,4H2,2H3/t17-,18+,19-/m0/s1. The van der Waals surface area contributed by atoms with Gasteiger partial charge >= 0.3 is 0 Å². The maximum atomic E-state index is 12.7. The summed E-state index contributed by atoms with van der Waals surface area (Å²) in [5.41, 5.74) is 1.94. The second kappa shape index (κ2) is 7.61. The highest BCUT2D eigenvalue weighted by molar-refractivity contribution is 6.30. The summed E-state index contributed by atoms with van der Waals surface area (Å²) in [6.45, 7) is 3.73. The summed E-state index contributed by atoms with van der Waals surface area (Å²) in [6, 6.07) is 14.8. The van der Waals surface area contributed by atoms with Crippen molar-refractivity contribution in [1.29, 1.82) is 0 Å². The van der Waals surface area contributed by atoms with Crippen molar-refractivity contribution in [1.82, 2.24) is 4.90 Å². The van der Waals surface area contributed by atoms with Gasteiger partial charge in [0.2, 0.25) is 0 Å². The quantitative estimate of drug-likeness (QED) is 0.686. The van der Waals surface area contributed by atoms with Gasteiger partial charge in [0.25, 0.3) is 5.91 Å². The molecule has 0 unspecified atom stereocenters. The summed E-state index contributed by atoms with van der Waals surface area (Å²) < 4.78 is 6.19. The molecule has 2 aromatic carbocycles. The van der Waals surface area contributed by atoms with Crippen LogP contribution in [0.15, 0.2) is 61.2 Å². The molecule has 0 radical (unpaired) electrons. The second-order valence-corrected chi connectivity index (χ2v) is 6.94. The fourth-order valence-electron chi connectivity index (χ4n) is 3.16. The molecule has 1 aliphatic heterocycles. The molecular weight excluding hydrogens is 357 g/mol. The summed E-state index contributed by atoms with van der Waals surface area (Å²) in [5, 5.41) is 1.32. The highest BCUT2D eigenvalue weighted by Gasteiger charge is 2.41. The van der Waals surface area contributed by atoms with E-state index in [-0.39, 0.29) is 18.1 Å². The second-order valence-electron chi connectivity index (χ2n) is 6.07. The molecule has 3 rings (SSSR count). The van der Waals surface area contributed by atoms with E-state index in [0.29, 0.717) is 16.5 Å². The van der Waals surface area contributed by atoms with Gasteiger partial charge in [-0.2, -0.15) is 0 Å². The number of nitrogens with zero attached hydrogens (tertiary/aromatic N) is 1. The molecule has 2 aromatic rings. The zero-order chi connectivity index (χ0) is 18.0. The molecule has 0 saturated carbocycles. The van der Waals surface area contributed by atoms with Crippen LogP contribution in [0.4, 0.5) is 0 Å². The van der Waals surface area contributed by atoms with Crippen LogP contribution in [0.2, 0.25) is 10.0 Å². The number of hydrogen-bond donors (Lipinski definition) is 0. The van der Waals surface area contributed by atoms with E-state index in [4.69, 9.17) is 27.9 Å². The third-order valence-corrected chi connectivity index (χ3v) is 4.93. The predicted molar refractivity (Wildman–Crippen MR) is 101 cm³/mol. The lowest BCUT2D eigenvalue weighted by Gasteiger charge is -2.43. The molecule has 1 amide bonds. The highest BCUT2D eigenvalue weighted by Crippen LogP contribution is 2.42. The topological polar surface area (TPSA) is 29.5 Å². The van der Waals surface area contributed by atoms with Gasteiger partial charge in [-0.05, 0) is 35.4 Å². The van der Waals surface area contributed by atoms with E-state index in [9.17, 15) is 4.79 Å². The van der Waals surface area contributed by atoms with Crippen LogP contribution in [0.5, 0.6) is 0 Å². The number of likely N-dealkylation sites (N-methyl/N-ethyl adjacent to an activating group) is 1. The normalized spacial score (nSPS) is 23.6. The minimum Gasteiger partial charge on any atom is -0.358 e. The number of amides is 1. The maximum Gasteiger partial charge on any atom is 0.252 e.